The molecule has 0 N–H and O–H groups in total. The van der Waals surface area contributed by atoms with Crippen LogP contribution in [0.25, 0.3) is 0 Å². The summed E-state index contributed by atoms with van der Waals surface area (Å²) in [6.07, 6.45) is 0.204. The Bertz CT molecular complexity index is 315. The molecule has 0 aromatic carbocycles. The van der Waals surface area contributed by atoms with Crippen molar-refractivity contribution in [1.82, 2.24) is 0 Å². The maximum absolute atomic E-state index is 13.3. The summed E-state index contributed by atoms with van der Waals surface area (Å²) < 4.78 is 31.4. The highest BCUT2D eigenvalue weighted by atomic mass is 19.3. The van der Waals surface area contributed by atoms with E-state index in [4.69, 9.17) is 4.74 Å². The fourth-order valence-electron chi connectivity index (χ4n) is 2.35. The first kappa shape index (κ1) is 10.5. The zero-order chi connectivity index (χ0) is 11.1. The number of halogens is 2. The molecular weight excluding hydrogens is 204 g/mol. The second kappa shape index (κ2) is 3.54. The summed E-state index contributed by atoms with van der Waals surface area (Å²) in [7, 11) is 0. The minimum atomic E-state index is -2.66. The van der Waals surface area contributed by atoms with Crippen molar-refractivity contribution in [3.8, 4) is 0 Å². The average Bonchev–Trinajstić information content (AvgIpc) is 2.69. The van der Waals surface area contributed by atoms with E-state index in [2.05, 4.69) is 4.99 Å². The standard InChI is InChI=1S/C10H13F2NO2/c1-2-15-9(14)8-6-3-4-10(11,12)7(6)5-13-8/h6-7H,2-5H2,1H3/t6-,7-/m0/s1. The van der Waals surface area contributed by atoms with Gasteiger partial charge in [0.25, 0.3) is 5.92 Å². The second-order valence-electron chi connectivity index (χ2n) is 3.96. The van der Waals surface area contributed by atoms with Crippen molar-refractivity contribution in [1.29, 1.82) is 0 Å². The number of nitrogens with zero attached hydrogens (tertiary/aromatic N) is 1. The van der Waals surface area contributed by atoms with Gasteiger partial charge in [0.2, 0.25) is 0 Å². The molecule has 2 aliphatic rings. The van der Waals surface area contributed by atoms with Crippen LogP contribution in [0.1, 0.15) is 19.8 Å². The zero-order valence-corrected chi connectivity index (χ0v) is 8.50. The number of carbonyl (C=O) groups is 1. The van der Waals surface area contributed by atoms with Crippen LogP contribution in [-0.2, 0) is 9.53 Å². The Morgan fingerprint density at radius 3 is 3.07 bits per heavy atom. The largest absolute Gasteiger partial charge is 0.462 e. The third-order valence-corrected chi connectivity index (χ3v) is 3.11. The van der Waals surface area contributed by atoms with Crippen LogP contribution in [0, 0.1) is 11.8 Å². The Morgan fingerprint density at radius 2 is 2.40 bits per heavy atom. The fraction of sp³-hybridized carbons (Fsp3) is 0.800. The van der Waals surface area contributed by atoms with Crippen molar-refractivity contribution in [3.05, 3.63) is 0 Å². The molecule has 0 saturated heterocycles. The Kier molecular flexibility index (Phi) is 2.48. The molecule has 1 aliphatic heterocycles. The third-order valence-electron chi connectivity index (χ3n) is 3.11. The van der Waals surface area contributed by atoms with Gasteiger partial charge in [0.15, 0.2) is 0 Å². The van der Waals surface area contributed by atoms with Gasteiger partial charge in [0.1, 0.15) is 5.71 Å². The van der Waals surface area contributed by atoms with Crippen molar-refractivity contribution in [2.24, 2.45) is 16.8 Å². The van der Waals surface area contributed by atoms with Gasteiger partial charge in [-0.3, -0.25) is 4.99 Å². The van der Waals surface area contributed by atoms with E-state index in [1.165, 1.54) is 0 Å². The Morgan fingerprint density at radius 1 is 1.67 bits per heavy atom. The first-order valence-electron chi connectivity index (χ1n) is 5.15. The van der Waals surface area contributed by atoms with Crippen LogP contribution in [-0.4, -0.2) is 30.8 Å². The van der Waals surface area contributed by atoms with Crippen LogP contribution in [0.4, 0.5) is 8.78 Å². The van der Waals surface area contributed by atoms with Crippen LogP contribution in [0.2, 0.25) is 0 Å². The molecule has 2 rings (SSSR count). The molecular formula is C10H13F2NO2. The number of carbonyl (C=O) groups excluding carboxylic acids is 1. The molecule has 0 aromatic heterocycles. The molecule has 0 amide bonds. The van der Waals surface area contributed by atoms with Gasteiger partial charge in [-0.05, 0) is 13.3 Å². The number of aliphatic imine (C=N–C) groups is 1. The normalized spacial score (nSPS) is 32.3. The van der Waals surface area contributed by atoms with Crippen LogP contribution < -0.4 is 0 Å². The first-order valence-corrected chi connectivity index (χ1v) is 5.15. The quantitative estimate of drug-likeness (QED) is 0.660. The molecule has 84 valence electrons. The topological polar surface area (TPSA) is 38.7 Å². The van der Waals surface area contributed by atoms with Crippen molar-refractivity contribution >= 4 is 11.7 Å². The molecule has 0 radical (unpaired) electrons. The molecule has 3 nitrogen and oxygen atoms in total. The van der Waals surface area contributed by atoms with E-state index >= 15 is 0 Å². The summed E-state index contributed by atoms with van der Waals surface area (Å²) in [6.45, 7) is 2.01. The third kappa shape index (κ3) is 1.64. The van der Waals surface area contributed by atoms with Crippen LogP contribution in [0.3, 0.4) is 0 Å². The summed E-state index contributed by atoms with van der Waals surface area (Å²) in [5.41, 5.74) is 0.221. The molecule has 0 spiro atoms. The van der Waals surface area contributed by atoms with E-state index in [9.17, 15) is 13.6 Å². The number of alkyl halides is 2. The lowest BCUT2D eigenvalue weighted by Gasteiger charge is -2.16. The Balaban J connectivity index is 2.10. The molecule has 1 aliphatic carbocycles. The molecule has 1 fully saturated rings. The lowest BCUT2D eigenvalue weighted by molar-refractivity contribution is -0.135. The molecule has 0 bridgehead atoms. The smallest absolute Gasteiger partial charge is 0.352 e. The average molecular weight is 217 g/mol. The molecule has 15 heavy (non-hydrogen) atoms. The van der Waals surface area contributed by atoms with Gasteiger partial charge in [0, 0.05) is 18.9 Å². The number of hydrogen-bond acceptors (Lipinski definition) is 3. The van der Waals surface area contributed by atoms with Crippen LogP contribution in [0.15, 0.2) is 4.99 Å². The molecule has 1 saturated carbocycles. The zero-order valence-electron chi connectivity index (χ0n) is 8.50. The SMILES string of the molecule is CCOC(=O)C1=NC[C@H]2[C@@H]1CCC2(F)F. The van der Waals surface area contributed by atoms with E-state index in [0.717, 1.165) is 0 Å². The van der Waals surface area contributed by atoms with Gasteiger partial charge in [0.05, 0.1) is 12.5 Å². The number of ether oxygens (including phenoxy) is 1. The molecule has 2 atom stereocenters. The highest BCUT2D eigenvalue weighted by Crippen LogP contribution is 2.47. The summed E-state index contributed by atoms with van der Waals surface area (Å²) >= 11 is 0. The van der Waals surface area contributed by atoms with E-state index < -0.39 is 17.8 Å². The summed E-state index contributed by atoms with van der Waals surface area (Å²) in [6, 6.07) is 0. The molecule has 0 unspecified atom stereocenters. The van der Waals surface area contributed by atoms with Crippen molar-refractivity contribution in [3.63, 3.8) is 0 Å². The van der Waals surface area contributed by atoms with Gasteiger partial charge in [-0.15, -0.1) is 0 Å². The number of hydrogen-bond donors (Lipinski definition) is 0. The summed E-state index contributed by atoms with van der Waals surface area (Å²) in [4.78, 5) is 15.3. The Labute approximate surface area is 86.5 Å². The predicted octanol–water partition coefficient (Wildman–Crippen LogP) is 1.67. The van der Waals surface area contributed by atoms with E-state index in [1.54, 1.807) is 6.92 Å². The maximum atomic E-state index is 13.3. The highest BCUT2D eigenvalue weighted by Gasteiger charge is 2.55. The second-order valence-corrected chi connectivity index (χ2v) is 3.96. The van der Waals surface area contributed by atoms with Crippen molar-refractivity contribution in [2.45, 2.75) is 25.7 Å². The lowest BCUT2D eigenvalue weighted by Crippen LogP contribution is -2.29. The minimum absolute atomic E-state index is 0.0613. The number of esters is 1. The summed E-state index contributed by atoms with van der Waals surface area (Å²) in [5.74, 6) is -4.36. The maximum Gasteiger partial charge on any atom is 0.352 e. The molecule has 1 heterocycles. The predicted molar refractivity (Wildman–Crippen MR) is 50.1 cm³/mol. The summed E-state index contributed by atoms with van der Waals surface area (Å²) in [5, 5.41) is 0. The van der Waals surface area contributed by atoms with Gasteiger partial charge < -0.3 is 4.74 Å². The fourth-order valence-corrected chi connectivity index (χ4v) is 2.35. The van der Waals surface area contributed by atoms with Crippen molar-refractivity contribution in [2.75, 3.05) is 13.2 Å². The van der Waals surface area contributed by atoms with E-state index in [0.29, 0.717) is 6.42 Å². The van der Waals surface area contributed by atoms with Crippen LogP contribution in [0.5, 0.6) is 0 Å². The minimum Gasteiger partial charge on any atom is -0.462 e. The molecule has 5 heteroatoms. The number of fused-ring (bicyclic) bond motifs is 1. The Hall–Kier alpha value is -1.00. The van der Waals surface area contributed by atoms with Gasteiger partial charge in [-0.2, -0.15) is 0 Å². The van der Waals surface area contributed by atoms with Crippen LogP contribution >= 0.6 is 0 Å². The van der Waals surface area contributed by atoms with E-state index in [-0.39, 0.29) is 31.2 Å². The van der Waals surface area contributed by atoms with Crippen molar-refractivity contribution < 1.29 is 18.3 Å². The van der Waals surface area contributed by atoms with Gasteiger partial charge >= 0.3 is 5.97 Å². The molecule has 0 aromatic rings. The van der Waals surface area contributed by atoms with E-state index in [1.807, 2.05) is 0 Å². The highest BCUT2D eigenvalue weighted by molar-refractivity contribution is 6.38. The lowest BCUT2D eigenvalue weighted by atomic mass is 9.93. The first-order chi connectivity index (χ1) is 7.06. The monoisotopic (exact) mass is 217 g/mol. The van der Waals surface area contributed by atoms with Gasteiger partial charge in [-0.1, -0.05) is 0 Å². The van der Waals surface area contributed by atoms with Gasteiger partial charge in [-0.25, -0.2) is 13.6 Å². The number of rotatable bonds is 2.